The molecule has 6 nitrogen and oxygen atoms in total. The fourth-order valence-corrected chi connectivity index (χ4v) is 3.61. The topological polar surface area (TPSA) is 75.2 Å². The summed E-state index contributed by atoms with van der Waals surface area (Å²) >= 11 is 1.37. The second kappa shape index (κ2) is 6.32. The maximum atomic E-state index is 12.4. The van der Waals surface area contributed by atoms with Gasteiger partial charge in [0.2, 0.25) is 11.8 Å². The summed E-state index contributed by atoms with van der Waals surface area (Å²) in [6.07, 6.45) is 4.43. The molecule has 0 spiro atoms. The highest BCUT2D eigenvalue weighted by Gasteiger charge is 2.37. The quantitative estimate of drug-likeness (QED) is 0.905. The van der Waals surface area contributed by atoms with Crippen molar-refractivity contribution in [2.45, 2.75) is 19.3 Å². The molecule has 0 radical (unpaired) electrons. The Morgan fingerprint density at radius 3 is 2.96 bits per heavy atom. The van der Waals surface area contributed by atoms with E-state index in [9.17, 15) is 9.59 Å². The van der Waals surface area contributed by atoms with Crippen molar-refractivity contribution in [3.8, 4) is 11.4 Å². The molecule has 2 aromatic rings. The minimum atomic E-state index is -0.279. The summed E-state index contributed by atoms with van der Waals surface area (Å²) in [5.74, 6) is 0.341. The van der Waals surface area contributed by atoms with E-state index in [-0.39, 0.29) is 17.7 Å². The Kier molecular flexibility index (Phi) is 4.02. The third-order valence-electron chi connectivity index (χ3n) is 4.42. The lowest BCUT2D eigenvalue weighted by Gasteiger charge is -2.15. The SMILES string of the molecule is O=C(Nc1nc(-c2ccccn2)cs1)C1CC(=O)N(CC2CC2)C1. The Bertz CT molecular complexity index is 757. The molecule has 1 aliphatic heterocycles. The van der Waals surface area contributed by atoms with Crippen molar-refractivity contribution in [1.82, 2.24) is 14.9 Å². The predicted molar refractivity (Wildman–Crippen MR) is 91.4 cm³/mol. The van der Waals surface area contributed by atoms with Gasteiger partial charge < -0.3 is 10.2 Å². The number of hydrogen-bond donors (Lipinski definition) is 1. The molecule has 7 heteroatoms. The van der Waals surface area contributed by atoms with E-state index in [4.69, 9.17) is 0 Å². The van der Waals surface area contributed by atoms with Crippen LogP contribution in [0.4, 0.5) is 5.13 Å². The molecule has 3 heterocycles. The average Bonchev–Trinajstić information content (AvgIpc) is 3.16. The van der Waals surface area contributed by atoms with Gasteiger partial charge in [-0.1, -0.05) is 6.07 Å². The van der Waals surface area contributed by atoms with Gasteiger partial charge in [-0.3, -0.25) is 14.6 Å². The van der Waals surface area contributed by atoms with E-state index in [1.165, 1.54) is 24.2 Å². The lowest BCUT2D eigenvalue weighted by molar-refractivity contribution is -0.128. The van der Waals surface area contributed by atoms with Crippen molar-refractivity contribution in [1.29, 1.82) is 0 Å². The lowest BCUT2D eigenvalue weighted by atomic mass is 10.1. The Morgan fingerprint density at radius 1 is 1.33 bits per heavy atom. The first-order chi connectivity index (χ1) is 11.7. The number of pyridine rings is 1. The second-order valence-electron chi connectivity index (χ2n) is 6.39. The summed E-state index contributed by atoms with van der Waals surface area (Å²) in [4.78, 5) is 34.9. The number of aromatic nitrogens is 2. The molecule has 1 saturated heterocycles. The maximum Gasteiger partial charge on any atom is 0.231 e. The van der Waals surface area contributed by atoms with Gasteiger partial charge in [-0.2, -0.15) is 0 Å². The average molecular weight is 342 g/mol. The molecule has 1 saturated carbocycles. The molecule has 0 bridgehead atoms. The zero-order valence-electron chi connectivity index (χ0n) is 13.1. The molecule has 2 aliphatic rings. The Labute approximate surface area is 143 Å². The number of carbonyl (C=O) groups excluding carboxylic acids is 2. The Balaban J connectivity index is 1.38. The molecule has 1 atom stereocenters. The van der Waals surface area contributed by atoms with E-state index in [1.54, 1.807) is 6.20 Å². The highest BCUT2D eigenvalue weighted by molar-refractivity contribution is 7.14. The minimum Gasteiger partial charge on any atom is -0.342 e. The second-order valence-corrected chi connectivity index (χ2v) is 7.24. The molecule has 2 aromatic heterocycles. The molecule has 1 unspecified atom stereocenters. The standard InChI is InChI=1S/C17H18N4O2S/c22-15-7-12(9-21(15)8-11-4-5-11)16(23)20-17-19-14(10-24-17)13-3-1-2-6-18-13/h1-3,6,10-12H,4-5,7-9H2,(H,19,20,23). The fourth-order valence-electron chi connectivity index (χ4n) is 2.91. The molecule has 1 aliphatic carbocycles. The number of likely N-dealkylation sites (tertiary alicyclic amines) is 1. The summed E-state index contributed by atoms with van der Waals surface area (Å²) in [6.45, 7) is 1.34. The zero-order valence-corrected chi connectivity index (χ0v) is 14.0. The lowest BCUT2D eigenvalue weighted by Crippen LogP contribution is -2.29. The summed E-state index contributed by atoms with van der Waals surface area (Å²) in [7, 11) is 0. The van der Waals surface area contributed by atoms with Crippen LogP contribution in [-0.2, 0) is 9.59 Å². The summed E-state index contributed by atoms with van der Waals surface area (Å²) < 4.78 is 0. The third-order valence-corrected chi connectivity index (χ3v) is 5.18. The number of anilines is 1. The van der Waals surface area contributed by atoms with E-state index in [0.717, 1.165) is 17.9 Å². The van der Waals surface area contributed by atoms with Gasteiger partial charge in [0.25, 0.3) is 0 Å². The number of rotatable bonds is 5. The van der Waals surface area contributed by atoms with Gasteiger partial charge in [0.05, 0.1) is 11.6 Å². The maximum absolute atomic E-state index is 12.4. The van der Waals surface area contributed by atoms with E-state index in [2.05, 4.69) is 15.3 Å². The van der Waals surface area contributed by atoms with Crippen LogP contribution in [0.15, 0.2) is 29.8 Å². The van der Waals surface area contributed by atoms with Crippen LogP contribution < -0.4 is 5.32 Å². The first-order valence-corrected chi connectivity index (χ1v) is 9.02. The largest absolute Gasteiger partial charge is 0.342 e. The zero-order chi connectivity index (χ0) is 16.5. The van der Waals surface area contributed by atoms with Crippen LogP contribution in [0.25, 0.3) is 11.4 Å². The predicted octanol–water partition coefficient (Wildman–Crippen LogP) is 2.40. The first kappa shape index (κ1) is 15.3. The Hall–Kier alpha value is -2.28. The van der Waals surface area contributed by atoms with Gasteiger partial charge >= 0.3 is 0 Å². The molecule has 4 rings (SSSR count). The van der Waals surface area contributed by atoms with Crippen LogP contribution >= 0.6 is 11.3 Å². The summed E-state index contributed by atoms with van der Waals surface area (Å²) in [5.41, 5.74) is 1.52. The van der Waals surface area contributed by atoms with Crippen LogP contribution in [0.3, 0.4) is 0 Å². The smallest absolute Gasteiger partial charge is 0.231 e. The monoisotopic (exact) mass is 342 g/mol. The van der Waals surface area contributed by atoms with Crippen LogP contribution in [0.5, 0.6) is 0 Å². The highest BCUT2D eigenvalue weighted by atomic mass is 32.1. The number of nitrogens with one attached hydrogen (secondary N) is 1. The van der Waals surface area contributed by atoms with Crippen molar-refractivity contribution in [3.63, 3.8) is 0 Å². The van der Waals surface area contributed by atoms with Crippen molar-refractivity contribution in [2.24, 2.45) is 11.8 Å². The van der Waals surface area contributed by atoms with Gasteiger partial charge in [-0.15, -0.1) is 11.3 Å². The normalized spacial score (nSPS) is 20.4. The third kappa shape index (κ3) is 3.31. The van der Waals surface area contributed by atoms with Gasteiger partial charge in [-0.25, -0.2) is 4.98 Å². The number of carbonyl (C=O) groups is 2. The van der Waals surface area contributed by atoms with Crippen LogP contribution in [-0.4, -0.2) is 39.8 Å². The molecule has 2 amide bonds. The minimum absolute atomic E-state index is 0.0929. The fraction of sp³-hybridized carbons (Fsp3) is 0.412. The Morgan fingerprint density at radius 2 is 2.21 bits per heavy atom. The van der Waals surface area contributed by atoms with Crippen LogP contribution in [0.2, 0.25) is 0 Å². The van der Waals surface area contributed by atoms with Crippen LogP contribution in [0.1, 0.15) is 19.3 Å². The van der Waals surface area contributed by atoms with Gasteiger partial charge in [0.1, 0.15) is 5.69 Å². The number of amides is 2. The van der Waals surface area contributed by atoms with E-state index >= 15 is 0 Å². The molecular weight excluding hydrogens is 324 g/mol. The van der Waals surface area contributed by atoms with Crippen molar-refractivity contribution in [2.75, 3.05) is 18.4 Å². The van der Waals surface area contributed by atoms with E-state index in [1.807, 2.05) is 28.5 Å². The van der Waals surface area contributed by atoms with Crippen LogP contribution in [0, 0.1) is 11.8 Å². The molecule has 24 heavy (non-hydrogen) atoms. The molecule has 1 N–H and O–H groups in total. The first-order valence-electron chi connectivity index (χ1n) is 8.14. The summed E-state index contributed by atoms with van der Waals surface area (Å²) in [6, 6.07) is 5.63. The van der Waals surface area contributed by atoms with Gasteiger partial charge in [-0.05, 0) is 30.9 Å². The summed E-state index contributed by atoms with van der Waals surface area (Å²) in [5, 5.41) is 5.27. The number of thiazole rings is 1. The molecule has 0 aromatic carbocycles. The van der Waals surface area contributed by atoms with Crippen molar-refractivity contribution < 1.29 is 9.59 Å². The highest BCUT2D eigenvalue weighted by Crippen LogP contribution is 2.32. The van der Waals surface area contributed by atoms with Crippen molar-refractivity contribution >= 4 is 28.3 Å². The molecule has 2 fully saturated rings. The van der Waals surface area contributed by atoms with Gasteiger partial charge in [0, 0.05) is 31.1 Å². The molecule has 124 valence electrons. The molecular formula is C17H18N4O2S. The number of hydrogen-bond acceptors (Lipinski definition) is 5. The number of nitrogens with zero attached hydrogens (tertiary/aromatic N) is 3. The van der Waals surface area contributed by atoms with E-state index < -0.39 is 0 Å². The van der Waals surface area contributed by atoms with E-state index in [0.29, 0.717) is 24.0 Å². The van der Waals surface area contributed by atoms with Gasteiger partial charge in [0.15, 0.2) is 5.13 Å². The van der Waals surface area contributed by atoms with Crippen molar-refractivity contribution in [3.05, 3.63) is 29.8 Å².